The van der Waals surface area contributed by atoms with Crippen molar-refractivity contribution < 1.29 is 30.0 Å². The van der Waals surface area contributed by atoms with Crippen molar-refractivity contribution in [2.24, 2.45) is 5.92 Å². The molecular weight excluding hydrogens is 538 g/mol. The molecule has 0 radical (unpaired) electrons. The minimum atomic E-state index is -2.27. The number of aromatic nitrogens is 2. The van der Waals surface area contributed by atoms with Gasteiger partial charge in [0, 0.05) is 25.4 Å². The van der Waals surface area contributed by atoms with Gasteiger partial charge in [0.15, 0.2) is 12.2 Å². The van der Waals surface area contributed by atoms with E-state index in [4.69, 9.17) is 32.0 Å². The van der Waals surface area contributed by atoms with Gasteiger partial charge < -0.3 is 36.4 Å². The van der Waals surface area contributed by atoms with Crippen molar-refractivity contribution >= 4 is 35.0 Å². The number of hydrogen-bond donors (Lipinski definition) is 7. The number of carbonyl (C=O) groups is 2. The lowest BCUT2D eigenvalue weighted by Crippen LogP contribution is -2.39. The van der Waals surface area contributed by atoms with E-state index >= 15 is 0 Å². The van der Waals surface area contributed by atoms with Crippen LogP contribution in [-0.2, 0) is 29.0 Å². The number of aliphatic hydroxyl groups excluding tert-OH is 2. The average Bonchev–Trinajstić information content (AvgIpc) is 3.71. The van der Waals surface area contributed by atoms with Crippen LogP contribution in [0.5, 0.6) is 0 Å². The summed E-state index contributed by atoms with van der Waals surface area (Å²) in [4.78, 5) is 19.5. The van der Waals surface area contributed by atoms with Gasteiger partial charge >= 0.3 is 11.9 Å². The molecule has 214 valence electrons. The highest BCUT2D eigenvalue weighted by atomic mass is 35.5. The van der Waals surface area contributed by atoms with Crippen LogP contribution in [0.15, 0.2) is 48.7 Å². The maximum atomic E-state index is 9.77. The van der Waals surface area contributed by atoms with Crippen molar-refractivity contribution in [1.82, 2.24) is 15.1 Å². The summed E-state index contributed by atoms with van der Waals surface area (Å²) in [6.07, 6.45) is 2.23. The number of hydrogen-bond acceptors (Lipinski definition) is 8. The Kier molecular flexibility index (Phi) is 9.99. The van der Waals surface area contributed by atoms with Crippen LogP contribution in [0.4, 0.5) is 11.5 Å². The Morgan fingerprint density at radius 3 is 2.30 bits per heavy atom. The van der Waals surface area contributed by atoms with E-state index < -0.39 is 24.1 Å². The molecule has 7 N–H and O–H groups in total. The normalized spacial score (nSPS) is 16.0. The number of aliphatic hydroxyl groups is 2. The minimum Gasteiger partial charge on any atom is -0.479 e. The second-order valence-electron chi connectivity index (χ2n) is 9.87. The van der Waals surface area contributed by atoms with E-state index in [9.17, 15) is 9.59 Å². The summed E-state index contributed by atoms with van der Waals surface area (Å²) in [6, 6.07) is 14.8. The first-order valence-corrected chi connectivity index (χ1v) is 13.6. The standard InChI is InChI=1S/C24H28ClN5.C4H6O6/c25-22-8-5-19-9-12-26-13-10-21(19)24(22)28-16-18-3-6-20(7-4-18)30-14-11-23(29-30)27-15-17-1-2-17;5-1(3(7)8)2(6)4(9)10/h3-8,11,14,17,26,28H,1-2,9-10,12-13,15-16H2,(H,27,29);1-2,5-6H,(H,7,8)(H,9,10)/t;1-,2-/m.1/s1. The molecule has 2 atom stereocenters. The lowest BCUT2D eigenvalue weighted by atomic mass is 10.0. The van der Waals surface area contributed by atoms with Crippen LogP contribution in [0.1, 0.15) is 29.5 Å². The summed E-state index contributed by atoms with van der Waals surface area (Å²) in [5.41, 5.74) is 6.12. The number of fused-ring (bicyclic) bond motifs is 1. The molecular formula is C28H34ClN5O6. The third-order valence-electron chi connectivity index (χ3n) is 6.82. The van der Waals surface area contributed by atoms with Crippen molar-refractivity contribution in [2.45, 2.75) is 44.4 Å². The van der Waals surface area contributed by atoms with E-state index in [0.29, 0.717) is 0 Å². The van der Waals surface area contributed by atoms with Crippen molar-refractivity contribution in [3.8, 4) is 5.69 Å². The quantitative estimate of drug-likeness (QED) is 0.192. The van der Waals surface area contributed by atoms with Gasteiger partial charge in [-0.15, -0.1) is 0 Å². The number of carboxylic acid groups (broad SMARTS) is 2. The van der Waals surface area contributed by atoms with Crippen molar-refractivity contribution in [1.29, 1.82) is 0 Å². The molecule has 1 aromatic heterocycles. The molecule has 40 heavy (non-hydrogen) atoms. The molecule has 1 aliphatic heterocycles. The zero-order valence-corrected chi connectivity index (χ0v) is 22.6. The molecule has 3 aromatic rings. The Balaban J connectivity index is 0.000000318. The molecule has 2 heterocycles. The van der Waals surface area contributed by atoms with Gasteiger partial charge in [0.1, 0.15) is 5.82 Å². The summed E-state index contributed by atoms with van der Waals surface area (Å²) < 4.78 is 1.92. The van der Waals surface area contributed by atoms with Crippen LogP contribution >= 0.6 is 11.6 Å². The molecule has 12 heteroatoms. The molecule has 0 spiro atoms. The molecule has 0 saturated heterocycles. The minimum absolute atomic E-state index is 0.747. The van der Waals surface area contributed by atoms with E-state index in [1.54, 1.807) is 0 Å². The van der Waals surface area contributed by atoms with E-state index in [1.807, 2.05) is 23.0 Å². The average molecular weight is 572 g/mol. The fourth-order valence-electron chi connectivity index (χ4n) is 4.29. The van der Waals surface area contributed by atoms with Crippen molar-refractivity contribution in [3.05, 3.63) is 70.4 Å². The van der Waals surface area contributed by atoms with Crippen molar-refractivity contribution in [3.63, 3.8) is 0 Å². The van der Waals surface area contributed by atoms with Crippen LogP contribution in [0.25, 0.3) is 5.69 Å². The van der Waals surface area contributed by atoms with Crippen LogP contribution in [0.2, 0.25) is 5.02 Å². The fraction of sp³-hybridized carbons (Fsp3) is 0.393. The van der Waals surface area contributed by atoms with E-state index in [1.165, 1.54) is 29.5 Å². The summed E-state index contributed by atoms with van der Waals surface area (Å²) in [5, 5.41) is 48.4. The summed E-state index contributed by atoms with van der Waals surface area (Å²) in [6.45, 7) is 3.81. The predicted octanol–water partition coefficient (Wildman–Crippen LogP) is 2.53. The SMILES string of the molecule is Clc1ccc2c(c1NCc1ccc(-n3ccc(NCC4CC4)n3)cc1)CCNCC2.O=C(O)[C@H](O)[C@@H](O)C(=O)O. The van der Waals surface area contributed by atoms with E-state index in [-0.39, 0.29) is 0 Å². The molecule has 11 nitrogen and oxygen atoms in total. The topological polar surface area (TPSA) is 169 Å². The van der Waals surface area contributed by atoms with E-state index in [0.717, 1.165) is 67.2 Å². The number of nitrogens with one attached hydrogen (secondary N) is 3. The van der Waals surface area contributed by atoms with Crippen LogP contribution in [0.3, 0.4) is 0 Å². The van der Waals surface area contributed by atoms with Crippen LogP contribution in [-0.4, -0.2) is 74.0 Å². The zero-order valence-electron chi connectivity index (χ0n) is 21.9. The zero-order chi connectivity index (χ0) is 28.6. The first-order chi connectivity index (χ1) is 19.2. The molecule has 0 amide bonds. The van der Waals surface area contributed by atoms with Gasteiger partial charge in [-0.1, -0.05) is 29.8 Å². The third kappa shape index (κ3) is 7.95. The summed E-state index contributed by atoms with van der Waals surface area (Å²) in [7, 11) is 0. The number of carboxylic acids is 2. The summed E-state index contributed by atoms with van der Waals surface area (Å²) >= 11 is 6.54. The Bertz CT molecular complexity index is 1290. The highest BCUT2D eigenvalue weighted by molar-refractivity contribution is 6.33. The first-order valence-electron chi connectivity index (χ1n) is 13.2. The van der Waals surface area contributed by atoms with Gasteiger partial charge in [0.2, 0.25) is 0 Å². The Morgan fingerprint density at radius 1 is 0.975 bits per heavy atom. The van der Waals surface area contributed by atoms with Crippen LogP contribution in [0, 0.1) is 5.92 Å². The molecule has 5 rings (SSSR count). The van der Waals surface area contributed by atoms with E-state index in [2.05, 4.69) is 51.4 Å². The smallest absolute Gasteiger partial charge is 0.335 e. The lowest BCUT2D eigenvalue weighted by molar-refractivity contribution is -0.165. The van der Waals surface area contributed by atoms with Gasteiger partial charge in [-0.25, -0.2) is 14.3 Å². The molecule has 1 saturated carbocycles. The molecule has 2 aromatic carbocycles. The molecule has 0 unspecified atom stereocenters. The van der Waals surface area contributed by atoms with Crippen LogP contribution < -0.4 is 16.0 Å². The predicted molar refractivity (Wildman–Crippen MR) is 151 cm³/mol. The van der Waals surface area contributed by atoms with Crippen molar-refractivity contribution in [2.75, 3.05) is 30.3 Å². The second kappa shape index (κ2) is 13.6. The lowest BCUT2D eigenvalue weighted by Gasteiger charge is -2.16. The van der Waals surface area contributed by atoms with Gasteiger partial charge in [-0.2, -0.15) is 5.10 Å². The van der Waals surface area contributed by atoms with Gasteiger partial charge in [-0.3, -0.25) is 0 Å². The molecule has 2 aliphatic rings. The largest absolute Gasteiger partial charge is 0.479 e. The number of anilines is 2. The number of benzene rings is 2. The number of nitrogens with zero attached hydrogens (tertiary/aromatic N) is 2. The van der Waals surface area contributed by atoms with Gasteiger partial charge in [0.05, 0.1) is 16.4 Å². The highest BCUT2D eigenvalue weighted by Crippen LogP contribution is 2.31. The number of halogens is 1. The third-order valence-corrected chi connectivity index (χ3v) is 7.13. The maximum absolute atomic E-state index is 9.77. The summed E-state index contributed by atoms with van der Waals surface area (Å²) in [5.74, 6) is -1.75. The number of aliphatic carboxylic acids is 2. The monoisotopic (exact) mass is 571 g/mol. The molecule has 1 fully saturated rings. The van der Waals surface area contributed by atoms with Gasteiger partial charge in [0.25, 0.3) is 0 Å². The Morgan fingerprint density at radius 2 is 1.65 bits per heavy atom. The molecule has 0 bridgehead atoms. The molecule has 1 aliphatic carbocycles. The number of rotatable bonds is 10. The first kappa shape index (κ1) is 29.3. The fourth-order valence-corrected chi connectivity index (χ4v) is 4.54. The maximum Gasteiger partial charge on any atom is 0.335 e. The van der Waals surface area contributed by atoms with Gasteiger partial charge in [-0.05, 0) is 79.6 Å². The second-order valence-corrected chi connectivity index (χ2v) is 10.3. The Labute approximate surface area is 236 Å². The highest BCUT2D eigenvalue weighted by Gasteiger charge is 2.29. The Hall–Kier alpha value is -3.64.